The van der Waals surface area contributed by atoms with Gasteiger partial charge in [0.1, 0.15) is 5.82 Å². The minimum absolute atomic E-state index is 0.237. The Labute approximate surface area is 170 Å². The van der Waals surface area contributed by atoms with E-state index in [9.17, 15) is 9.18 Å². The Morgan fingerprint density at radius 2 is 1.72 bits per heavy atom. The fraction of sp³-hybridized carbons (Fsp3) is 0.217. The van der Waals surface area contributed by atoms with Crippen molar-refractivity contribution >= 4 is 28.7 Å². The SMILES string of the molecule is CCN(CC)c1ccc(NC(=O)c2cncc(Nc3ccc(F)cc3)c2)c(C)c1. The fourth-order valence-electron chi connectivity index (χ4n) is 3.10. The van der Waals surface area contributed by atoms with Crippen molar-refractivity contribution in [2.24, 2.45) is 0 Å². The summed E-state index contributed by atoms with van der Waals surface area (Å²) < 4.78 is 13.0. The molecule has 0 radical (unpaired) electrons. The zero-order valence-electron chi connectivity index (χ0n) is 16.9. The number of carbonyl (C=O) groups excluding carboxylic acids is 1. The van der Waals surface area contributed by atoms with E-state index >= 15 is 0 Å². The summed E-state index contributed by atoms with van der Waals surface area (Å²) in [6.45, 7) is 8.08. The zero-order chi connectivity index (χ0) is 20.8. The first-order valence-electron chi connectivity index (χ1n) is 9.64. The molecule has 2 aromatic carbocycles. The predicted octanol–water partition coefficient (Wildman–Crippen LogP) is 5.37. The minimum atomic E-state index is -0.302. The van der Waals surface area contributed by atoms with Crippen LogP contribution in [0.2, 0.25) is 0 Å². The standard InChI is InChI=1S/C23H25FN4O/c1-4-28(5-2)21-10-11-22(16(3)12-21)27-23(29)17-13-20(15-25-14-17)26-19-8-6-18(24)7-9-19/h6-15,26H,4-5H2,1-3H3,(H,27,29). The van der Waals surface area contributed by atoms with Crippen LogP contribution in [0.4, 0.5) is 27.1 Å². The molecule has 2 N–H and O–H groups in total. The molecule has 0 aliphatic heterocycles. The molecule has 5 nitrogen and oxygen atoms in total. The number of amides is 1. The van der Waals surface area contributed by atoms with Crippen LogP contribution in [0.25, 0.3) is 0 Å². The third-order valence-corrected chi connectivity index (χ3v) is 4.72. The second-order valence-electron chi connectivity index (χ2n) is 6.72. The first kappa shape index (κ1) is 20.3. The van der Waals surface area contributed by atoms with Crippen LogP contribution in [-0.4, -0.2) is 24.0 Å². The number of hydrogen-bond donors (Lipinski definition) is 2. The monoisotopic (exact) mass is 392 g/mol. The van der Waals surface area contributed by atoms with Crippen LogP contribution in [0.15, 0.2) is 60.9 Å². The van der Waals surface area contributed by atoms with Gasteiger partial charge in [0.25, 0.3) is 5.91 Å². The van der Waals surface area contributed by atoms with Gasteiger partial charge >= 0.3 is 0 Å². The Bertz CT molecular complexity index is 984. The van der Waals surface area contributed by atoms with Crippen molar-refractivity contribution in [1.29, 1.82) is 0 Å². The van der Waals surface area contributed by atoms with Crippen LogP contribution in [0, 0.1) is 12.7 Å². The summed E-state index contributed by atoms with van der Waals surface area (Å²) in [5.74, 6) is -0.539. The van der Waals surface area contributed by atoms with Crippen molar-refractivity contribution in [3.8, 4) is 0 Å². The summed E-state index contributed by atoms with van der Waals surface area (Å²) in [6.07, 6.45) is 3.13. The number of anilines is 4. The summed E-state index contributed by atoms with van der Waals surface area (Å²) in [6, 6.07) is 13.7. The van der Waals surface area contributed by atoms with E-state index in [-0.39, 0.29) is 11.7 Å². The molecule has 29 heavy (non-hydrogen) atoms. The van der Waals surface area contributed by atoms with Crippen LogP contribution < -0.4 is 15.5 Å². The Morgan fingerprint density at radius 1 is 1.00 bits per heavy atom. The van der Waals surface area contributed by atoms with E-state index in [0.717, 1.165) is 30.0 Å². The number of aryl methyl sites for hydroxylation is 1. The molecule has 0 aliphatic carbocycles. The molecule has 0 saturated carbocycles. The quantitative estimate of drug-likeness (QED) is 0.567. The number of benzene rings is 2. The smallest absolute Gasteiger partial charge is 0.257 e. The van der Waals surface area contributed by atoms with E-state index in [0.29, 0.717) is 16.9 Å². The number of halogens is 1. The largest absolute Gasteiger partial charge is 0.372 e. The first-order chi connectivity index (χ1) is 14.0. The topological polar surface area (TPSA) is 57.3 Å². The van der Waals surface area contributed by atoms with Crippen LogP contribution >= 0.6 is 0 Å². The highest BCUT2D eigenvalue weighted by molar-refractivity contribution is 6.05. The normalized spacial score (nSPS) is 10.5. The molecule has 0 bridgehead atoms. The van der Waals surface area contributed by atoms with Gasteiger partial charge in [0, 0.05) is 36.3 Å². The van der Waals surface area contributed by atoms with E-state index in [1.54, 1.807) is 24.4 Å². The Balaban J connectivity index is 1.73. The van der Waals surface area contributed by atoms with Crippen molar-refractivity contribution in [2.75, 3.05) is 28.6 Å². The number of rotatable bonds is 7. The molecule has 0 fully saturated rings. The lowest BCUT2D eigenvalue weighted by Crippen LogP contribution is -2.22. The average molecular weight is 392 g/mol. The molecular weight excluding hydrogens is 367 g/mol. The molecule has 6 heteroatoms. The van der Waals surface area contributed by atoms with Gasteiger partial charge in [0.15, 0.2) is 0 Å². The third kappa shape index (κ3) is 5.10. The minimum Gasteiger partial charge on any atom is -0.372 e. The Kier molecular flexibility index (Phi) is 6.44. The number of carbonyl (C=O) groups is 1. The molecule has 1 aromatic heterocycles. The maximum atomic E-state index is 13.0. The fourth-order valence-corrected chi connectivity index (χ4v) is 3.10. The summed E-state index contributed by atoms with van der Waals surface area (Å²) in [5.41, 5.74) is 4.70. The molecule has 0 unspecified atom stereocenters. The lowest BCUT2D eigenvalue weighted by Gasteiger charge is -2.22. The van der Waals surface area contributed by atoms with E-state index < -0.39 is 0 Å². The molecule has 1 heterocycles. The van der Waals surface area contributed by atoms with E-state index in [1.165, 1.54) is 18.3 Å². The van der Waals surface area contributed by atoms with Crippen molar-refractivity contribution in [1.82, 2.24) is 4.98 Å². The van der Waals surface area contributed by atoms with Gasteiger partial charge in [-0.15, -0.1) is 0 Å². The van der Waals surface area contributed by atoms with Crippen LogP contribution in [0.3, 0.4) is 0 Å². The highest BCUT2D eigenvalue weighted by Crippen LogP contribution is 2.24. The molecule has 3 aromatic rings. The predicted molar refractivity (Wildman–Crippen MR) is 117 cm³/mol. The first-order valence-corrected chi connectivity index (χ1v) is 9.64. The van der Waals surface area contributed by atoms with E-state index in [2.05, 4.69) is 40.4 Å². The molecule has 3 rings (SSSR count). The van der Waals surface area contributed by atoms with Gasteiger partial charge in [-0.1, -0.05) is 0 Å². The molecular formula is C23H25FN4O. The highest BCUT2D eigenvalue weighted by Gasteiger charge is 2.11. The summed E-state index contributed by atoms with van der Waals surface area (Å²) >= 11 is 0. The maximum Gasteiger partial charge on any atom is 0.257 e. The third-order valence-electron chi connectivity index (χ3n) is 4.72. The van der Waals surface area contributed by atoms with Gasteiger partial charge < -0.3 is 15.5 Å². The van der Waals surface area contributed by atoms with E-state index in [4.69, 9.17) is 0 Å². The average Bonchev–Trinajstić information content (AvgIpc) is 2.73. The molecule has 0 aliphatic rings. The van der Waals surface area contributed by atoms with Crippen LogP contribution in [0.5, 0.6) is 0 Å². The van der Waals surface area contributed by atoms with Gasteiger partial charge in [-0.2, -0.15) is 0 Å². The summed E-state index contributed by atoms with van der Waals surface area (Å²) in [4.78, 5) is 19.1. The van der Waals surface area contributed by atoms with Crippen molar-refractivity contribution in [3.63, 3.8) is 0 Å². The molecule has 0 atom stereocenters. The van der Waals surface area contributed by atoms with Gasteiger partial charge in [0.05, 0.1) is 17.4 Å². The molecule has 1 amide bonds. The Morgan fingerprint density at radius 3 is 2.38 bits per heavy atom. The second-order valence-corrected chi connectivity index (χ2v) is 6.72. The van der Waals surface area contributed by atoms with E-state index in [1.807, 2.05) is 19.1 Å². The Hall–Kier alpha value is -3.41. The number of nitrogens with zero attached hydrogens (tertiary/aromatic N) is 2. The van der Waals surface area contributed by atoms with Crippen LogP contribution in [-0.2, 0) is 0 Å². The highest BCUT2D eigenvalue weighted by atomic mass is 19.1. The molecule has 0 saturated heterocycles. The summed E-state index contributed by atoms with van der Waals surface area (Å²) in [5, 5.41) is 6.07. The lowest BCUT2D eigenvalue weighted by molar-refractivity contribution is 0.102. The number of pyridine rings is 1. The van der Waals surface area contributed by atoms with Crippen molar-refractivity contribution in [2.45, 2.75) is 20.8 Å². The van der Waals surface area contributed by atoms with Crippen molar-refractivity contribution < 1.29 is 9.18 Å². The molecule has 0 spiro atoms. The molecule has 150 valence electrons. The maximum absolute atomic E-state index is 13.0. The lowest BCUT2D eigenvalue weighted by atomic mass is 10.1. The van der Waals surface area contributed by atoms with Gasteiger partial charge in [-0.05, 0) is 74.9 Å². The van der Waals surface area contributed by atoms with Gasteiger partial charge in [0.2, 0.25) is 0 Å². The summed E-state index contributed by atoms with van der Waals surface area (Å²) in [7, 11) is 0. The second kappa shape index (κ2) is 9.19. The number of hydrogen-bond acceptors (Lipinski definition) is 4. The van der Waals surface area contributed by atoms with Gasteiger partial charge in [-0.25, -0.2) is 4.39 Å². The number of aromatic nitrogens is 1. The zero-order valence-corrected chi connectivity index (χ0v) is 16.9. The number of nitrogens with one attached hydrogen (secondary N) is 2. The van der Waals surface area contributed by atoms with Crippen LogP contribution in [0.1, 0.15) is 29.8 Å². The van der Waals surface area contributed by atoms with Gasteiger partial charge in [-0.3, -0.25) is 9.78 Å². The van der Waals surface area contributed by atoms with Crippen molar-refractivity contribution in [3.05, 3.63) is 77.9 Å².